The summed E-state index contributed by atoms with van der Waals surface area (Å²) in [7, 11) is 3.04. The number of amides is 1. The highest BCUT2D eigenvalue weighted by Gasteiger charge is 2.44. The van der Waals surface area contributed by atoms with Crippen molar-refractivity contribution in [3.05, 3.63) is 71.2 Å². The molecule has 36 heavy (non-hydrogen) atoms. The van der Waals surface area contributed by atoms with Gasteiger partial charge in [0.2, 0.25) is 5.78 Å². The first-order chi connectivity index (χ1) is 17.3. The van der Waals surface area contributed by atoms with Gasteiger partial charge in [-0.25, -0.2) is 0 Å². The van der Waals surface area contributed by atoms with Crippen molar-refractivity contribution in [2.24, 2.45) is 5.92 Å². The number of fused-ring (bicyclic) bond motifs is 1. The van der Waals surface area contributed by atoms with E-state index in [1.807, 2.05) is 12.1 Å². The summed E-state index contributed by atoms with van der Waals surface area (Å²) in [5, 5.41) is 11.5. The lowest BCUT2D eigenvalue weighted by molar-refractivity contribution is -0.130. The first-order valence-corrected chi connectivity index (χ1v) is 11.9. The minimum atomic E-state index is -0.830. The van der Waals surface area contributed by atoms with Crippen molar-refractivity contribution < 1.29 is 33.3 Å². The molecule has 1 unspecified atom stereocenters. The number of benzene rings is 2. The summed E-state index contributed by atoms with van der Waals surface area (Å²) < 4.78 is 22.3. The lowest BCUT2D eigenvalue weighted by atomic mass is 9.95. The molecular formula is C28H31NO7. The molecule has 8 heteroatoms. The van der Waals surface area contributed by atoms with Crippen molar-refractivity contribution in [3.63, 3.8) is 0 Å². The number of ketones is 1. The van der Waals surface area contributed by atoms with Crippen LogP contribution in [0.5, 0.6) is 11.5 Å². The van der Waals surface area contributed by atoms with Gasteiger partial charge < -0.3 is 28.6 Å². The fourth-order valence-corrected chi connectivity index (χ4v) is 4.28. The van der Waals surface area contributed by atoms with Gasteiger partial charge in [0.1, 0.15) is 5.75 Å². The lowest BCUT2D eigenvalue weighted by Crippen LogP contribution is -2.34. The van der Waals surface area contributed by atoms with Crippen molar-refractivity contribution >= 4 is 22.7 Å². The van der Waals surface area contributed by atoms with Crippen molar-refractivity contribution in [1.82, 2.24) is 4.90 Å². The van der Waals surface area contributed by atoms with Crippen LogP contribution in [0.15, 0.2) is 64.3 Å². The second-order valence-corrected chi connectivity index (χ2v) is 9.08. The van der Waals surface area contributed by atoms with E-state index in [4.69, 9.17) is 18.6 Å². The van der Waals surface area contributed by atoms with Crippen LogP contribution in [0.2, 0.25) is 0 Å². The average Bonchev–Trinajstić information content (AvgIpc) is 3.41. The van der Waals surface area contributed by atoms with Gasteiger partial charge >= 0.3 is 0 Å². The van der Waals surface area contributed by atoms with Gasteiger partial charge in [0.25, 0.3) is 5.91 Å². The van der Waals surface area contributed by atoms with Gasteiger partial charge in [0.15, 0.2) is 22.9 Å². The van der Waals surface area contributed by atoms with E-state index in [2.05, 4.69) is 13.8 Å². The van der Waals surface area contributed by atoms with Gasteiger partial charge in [-0.05, 0) is 42.2 Å². The summed E-state index contributed by atoms with van der Waals surface area (Å²) in [5.41, 5.74) is 1.01. The number of methoxy groups -OCH3 is 2. The van der Waals surface area contributed by atoms with Crippen LogP contribution in [0.1, 0.15) is 42.4 Å². The molecule has 4 rings (SSSR count). The molecule has 0 radical (unpaired) electrons. The van der Waals surface area contributed by atoms with Crippen molar-refractivity contribution in [2.75, 3.05) is 34.0 Å². The smallest absolute Gasteiger partial charge is 0.290 e. The molecule has 1 atom stereocenters. The number of hydrogen-bond acceptors (Lipinski definition) is 7. The van der Waals surface area contributed by atoms with E-state index in [9.17, 15) is 14.7 Å². The Bertz CT molecular complexity index is 1290. The molecule has 2 heterocycles. The van der Waals surface area contributed by atoms with Gasteiger partial charge in [0.05, 0.1) is 31.9 Å². The molecular weight excluding hydrogens is 462 g/mol. The molecule has 0 fully saturated rings. The zero-order valence-electron chi connectivity index (χ0n) is 20.9. The molecule has 1 N–H and O–H groups in total. The number of carbonyl (C=O) groups excluding carboxylic acids is 2. The largest absolute Gasteiger partial charge is 0.503 e. The number of rotatable bonds is 11. The topological polar surface area (TPSA) is 98.4 Å². The van der Waals surface area contributed by atoms with Crippen LogP contribution in [-0.2, 0) is 9.53 Å². The van der Waals surface area contributed by atoms with Crippen LogP contribution >= 0.6 is 0 Å². The number of hydrogen-bond donors (Lipinski definition) is 1. The summed E-state index contributed by atoms with van der Waals surface area (Å²) in [6.45, 7) is 5.22. The maximum Gasteiger partial charge on any atom is 0.290 e. The van der Waals surface area contributed by atoms with Crippen LogP contribution in [0.25, 0.3) is 11.0 Å². The third-order valence-corrected chi connectivity index (χ3v) is 6.17. The Morgan fingerprint density at radius 3 is 2.61 bits per heavy atom. The van der Waals surface area contributed by atoms with E-state index in [1.54, 1.807) is 36.4 Å². The predicted octanol–water partition coefficient (Wildman–Crippen LogP) is 5.09. The number of nitrogens with zero attached hydrogens (tertiary/aromatic N) is 1. The molecule has 3 aromatic rings. The van der Waals surface area contributed by atoms with E-state index in [1.165, 1.54) is 19.1 Å². The highest BCUT2D eigenvalue weighted by atomic mass is 16.5. The van der Waals surface area contributed by atoms with Gasteiger partial charge in [-0.2, -0.15) is 0 Å². The number of Topliss-reactive ketones (excluding diaryl/α,β-unsaturated/α-hetero) is 1. The second kappa shape index (κ2) is 10.9. The van der Waals surface area contributed by atoms with Crippen molar-refractivity contribution in [1.29, 1.82) is 0 Å². The van der Waals surface area contributed by atoms with E-state index in [0.717, 1.165) is 6.42 Å². The van der Waals surface area contributed by atoms with Gasteiger partial charge in [0, 0.05) is 19.0 Å². The Labute approximate surface area is 210 Å². The molecule has 1 aliphatic heterocycles. The molecule has 0 bridgehead atoms. The lowest BCUT2D eigenvalue weighted by Gasteiger charge is -2.26. The maximum atomic E-state index is 13.7. The van der Waals surface area contributed by atoms with E-state index in [-0.39, 0.29) is 24.5 Å². The highest BCUT2D eigenvalue weighted by Crippen LogP contribution is 2.41. The molecule has 0 saturated heterocycles. The van der Waals surface area contributed by atoms with Crippen LogP contribution in [0.4, 0.5) is 0 Å². The molecule has 0 spiro atoms. The zero-order chi connectivity index (χ0) is 25.8. The average molecular weight is 494 g/mol. The van der Waals surface area contributed by atoms with Crippen LogP contribution in [-0.4, -0.2) is 55.7 Å². The van der Waals surface area contributed by atoms with Crippen LogP contribution in [0, 0.1) is 5.92 Å². The Morgan fingerprint density at radius 1 is 1.11 bits per heavy atom. The first-order valence-electron chi connectivity index (χ1n) is 11.9. The summed E-state index contributed by atoms with van der Waals surface area (Å²) in [6.07, 6.45) is 0.895. The van der Waals surface area contributed by atoms with E-state index < -0.39 is 23.5 Å². The fraction of sp³-hybridized carbons (Fsp3) is 0.357. The molecule has 1 aliphatic rings. The summed E-state index contributed by atoms with van der Waals surface area (Å²) >= 11 is 0. The quantitative estimate of drug-likeness (QED) is 0.372. The molecule has 0 aliphatic carbocycles. The standard InChI is InChI=1S/C28H31NO7/c1-17(2)11-13-35-20-9-5-7-18(15-20)24-23(26(31)28(32)29(24)12-14-33-3)25(30)22-16-19-8-6-10-21(34-4)27(19)36-22/h5-10,15-17,24,31H,11-14H2,1-4H3. The minimum Gasteiger partial charge on any atom is -0.503 e. The van der Waals surface area contributed by atoms with Gasteiger partial charge in [-0.15, -0.1) is 0 Å². The Balaban J connectivity index is 1.74. The molecule has 8 nitrogen and oxygen atoms in total. The number of aliphatic hydroxyl groups is 1. The first kappa shape index (κ1) is 25.3. The highest BCUT2D eigenvalue weighted by molar-refractivity contribution is 6.16. The zero-order valence-corrected chi connectivity index (χ0v) is 20.9. The maximum absolute atomic E-state index is 13.7. The van der Waals surface area contributed by atoms with Gasteiger partial charge in [-0.1, -0.05) is 38.1 Å². The molecule has 1 aromatic heterocycles. The normalized spacial score (nSPS) is 15.9. The third-order valence-electron chi connectivity index (χ3n) is 6.17. The van der Waals surface area contributed by atoms with Crippen LogP contribution < -0.4 is 9.47 Å². The van der Waals surface area contributed by atoms with Gasteiger partial charge in [-0.3, -0.25) is 9.59 Å². The molecule has 190 valence electrons. The number of furan rings is 1. The summed E-state index contributed by atoms with van der Waals surface area (Å²) in [6, 6.07) is 13.3. The summed E-state index contributed by atoms with van der Waals surface area (Å²) in [5.74, 6) is -0.200. The minimum absolute atomic E-state index is 0.00628. The number of ether oxygens (including phenoxy) is 3. The van der Waals surface area contributed by atoms with E-state index in [0.29, 0.717) is 40.6 Å². The molecule has 2 aromatic carbocycles. The number of carbonyl (C=O) groups is 2. The monoisotopic (exact) mass is 493 g/mol. The van der Waals surface area contributed by atoms with E-state index >= 15 is 0 Å². The fourth-order valence-electron chi connectivity index (χ4n) is 4.28. The summed E-state index contributed by atoms with van der Waals surface area (Å²) in [4.78, 5) is 28.2. The Morgan fingerprint density at radius 2 is 1.89 bits per heavy atom. The number of aliphatic hydroxyl groups excluding tert-OH is 1. The number of para-hydroxylation sites is 1. The van der Waals surface area contributed by atoms with Crippen LogP contribution in [0.3, 0.4) is 0 Å². The molecule has 1 amide bonds. The van der Waals surface area contributed by atoms with Crippen molar-refractivity contribution in [3.8, 4) is 11.5 Å². The Hall–Kier alpha value is -3.78. The Kier molecular flexibility index (Phi) is 7.64. The third kappa shape index (κ3) is 4.95. The second-order valence-electron chi connectivity index (χ2n) is 9.08. The molecule has 0 saturated carbocycles. The predicted molar refractivity (Wildman–Crippen MR) is 134 cm³/mol. The van der Waals surface area contributed by atoms with Crippen molar-refractivity contribution in [2.45, 2.75) is 26.3 Å². The SMILES string of the molecule is COCCN1C(=O)C(O)=C(C(=O)c2cc3cccc(OC)c3o2)C1c1cccc(OCCC(C)C)c1.